The number of rotatable bonds is 0. The first kappa shape index (κ1) is 8.74. The second-order valence-electron chi connectivity index (χ2n) is 1.43. The van der Waals surface area contributed by atoms with E-state index in [9.17, 15) is 0 Å². The third-order valence-electron chi connectivity index (χ3n) is 0.846. The Morgan fingerprint density at radius 1 is 1.22 bits per heavy atom. The minimum Gasteiger partial charge on any atom is -0.379 e. The van der Waals surface area contributed by atoms with Crippen molar-refractivity contribution < 1.29 is 13.2 Å². The van der Waals surface area contributed by atoms with E-state index in [1.54, 1.807) is 0 Å². The zero-order chi connectivity index (χ0) is 6.95. The molecule has 1 fully saturated rings. The van der Waals surface area contributed by atoms with Gasteiger partial charge in [0.15, 0.2) is 0 Å². The molecule has 0 aromatic rings. The number of hydrogen-bond acceptors (Lipinski definition) is 4. The summed E-state index contributed by atoms with van der Waals surface area (Å²) in [5.41, 5.74) is 0. The van der Waals surface area contributed by atoms with Crippen LogP contribution in [0.3, 0.4) is 0 Å². The summed E-state index contributed by atoms with van der Waals surface area (Å²) in [6.45, 7) is 3.83. The first-order valence-corrected chi connectivity index (χ1v) is 3.28. The standard InChI is InChI=1S/C4H9NO.O2S/c1-3-6-4-2-5-1;1-3-2/h5H,1-4H2;. The van der Waals surface area contributed by atoms with E-state index in [2.05, 4.69) is 5.32 Å². The van der Waals surface area contributed by atoms with E-state index < -0.39 is 11.6 Å². The molecule has 0 radical (unpaired) electrons. The van der Waals surface area contributed by atoms with Gasteiger partial charge in [-0.25, -0.2) is 0 Å². The van der Waals surface area contributed by atoms with Gasteiger partial charge in [-0.1, -0.05) is 0 Å². The zero-order valence-corrected chi connectivity index (χ0v) is 5.78. The van der Waals surface area contributed by atoms with E-state index in [4.69, 9.17) is 13.2 Å². The number of ether oxygens (including phenoxy) is 1. The first-order chi connectivity index (χ1) is 4.41. The van der Waals surface area contributed by atoms with Crippen molar-refractivity contribution in [2.24, 2.45) is 0 Å². The predicted octanol–water partition coefficient (Wildman–Crippen LogP) is -1.06. The molecule has 54 valence electrons. The van der Waals surface area contributed by atoms with Crippen LogP contribution in [0.5, 0.6) is 0 Å². The summed E-state index contributed by atoms with van der Waals surface area (Å²) in [7, 11) is 0. The molecule has 0 saturated carbocycles. The van der Waals surface area contributed by atoms with Gasteiger partial charge in [0, 0.05) is 13.1 Å². The molecule has 0 aromatic carbocycles. The summed E-state index contributed by atoms with van der Waals surface area (Å²) in [6.07, 6.45) is 0. The van der Waals surface area contributed by atoms with Crippen LogP contribution in [0.1, 0.15) is 0 Å². The lowest BCUT2D eigenvalue weighted by Crippen LogP contribution is -2.30. The van der Waals surface area contributed by atoms with Crippen LogP contribution >= 0.6 is 0 Å². The van der Waals surface area contributed by atoms with Crippen molar-refractivity contribution >= 4 is 11.6 Å². The zero-order valence-electron chi connectivity index (χ0n) is 4.96. The van der Waals surface area contributed by atoms with Gasteiger partial charge in [0.25, 0.3) is 0 Å². The Bertz CT molecular complexity index is 76.3. The molecule has 0 atom stereocenters. The fourth-order valence-electron chi connectivity index (χ4n) is 0.516. The molecule has 0 aromatic heterocycles. The van der Waals surface area contributed by atoms with Crippen LogP contribution in [-0.4, -0.2) is 34.7 Å². The highest BCUT2D eigenvalue weighted by atomic mass is 32.1. The van der Waals surface area contributed by atoms with Gasteiger partial charge in [0.2, 0.25) is 0 Å². The maximum Gasteiger partial charge on any atom is 0.335 e. The SMILES string of the molecule is C1COCCN1.O=S=O. The molecule has 0 unspecified atom stereocenters. The summed E-state index contributed by atoms with van der Waals surface area (Å²) in [5, 5.41) is 3.16. The Kier molecular flexibility index (Phi) is 7.52. The average molecular weight is 151 g/mol. The number of nitrogens with one attached hydrogen (secondary N) is 1. The third-order valence-corrected chi connectivity index (χ3v) is 0.846. The van der Waals surface area contributed by atoms with E-state index in [1.165, 1.54) is 0 Å². The number of hydrogen-bond donors (Lipinski definition) is 1. The van der Waals surface area contributed by atoms with E-state index >= 15 is 0 Å². The maximum absolute atomic E-state index is 8.29. The van der Waals surface area contributed by atoms with E-state index in [-0.39, 0.29) is 0 Å². The fourth-order valence-corrected chi connectivity index (χ4v) is 0.516. The van der Waals surface area contributed by atoms with Crippen LogP contribution in [0.4, 0.5) is 0 Å². The summed E-state index contributed by atoms with van der Waals surface area (Å²) in [4.78, 5) is 0. The molecular weight excluding hydrogens is 142 g/mol. The van der Waals surface area contributed by atoms with Gasteiger partial charge in [-0.05, 0) is 0 Å². The number of morpholine rings is 1. The lowest BCUT2D eigenvalue weighted by molar-refractivity contribution is 0.109. The van der Waals surface area contributed by atoms with Crippen molar-refractivity contribution in [2.75, 3.05) is 26.3 Å². The summed E-state index contributed by atoms with van der Waals surface area (Å²) >= 11 is -0.750. The lowest BCUT2D eigenvalue weighted by Gasteiger charge is -2.10. The Morgan fingerprint density at radius 3 is 1.78 bits per heavy atom. The fraction of sp³-hybridized carbons (Fsp3) is 1.00. The van der Waals surface area contributed by atoms with Gasteiger partial charge in [-0.2, -0.15) is 8.42 Å². The highest BCUT2D eigenvalue weighted by Crippen LogP contribution is 1.76. The maximum atomic E-state index is 8.29. The van der Waals surface area contributed by atoms with Crippen molar-refractivity contribution in [3.05, 3.63) is 0 Å². The van der Waals surface area contributed by atoms with Gasteiger partial charge < -0.3 is 10.1 Å². The second-order valence-corrected chi connectivity index (χ2v) is 1.57. The normalized spacial score (nSPS) is 17.3. The minimum absolute atomic E-state index is 0.750. The average Bonchev–Trinajstić information content (AvgIpc) is 1.93. The summed E-state index contributed by atoms with van der Waals surface area (Å²) in [5.74, 6) is 0. The molecule has 5 heteroatoms. The smallest absolute Gasteiger partial charge is 0.335 e. The molecule has 1 saturated heterocycles. The largest absolute Gasteiger partial charge is 0.379 e. The molecule has 1 rings (SSSR count). The topological polar surface area (TPSA) is 55.4 Å². The summed E-state index contributed by atoms with van der Waals surface area (Å²) in [6, 6.07) is 0. The van der Waals surface area contributed by atoms with Gasteiger partial charge in [0.1, 0.15) is 0 Å². The third kappa shape index (κ3) is 7.74. The molecule has 0 bridgehead atoms. The quantitative estimate of drug-likeness (QED) is 0.479. The molecule has 1 N–H and O–H groups in total. The first-order valence-electron chi connectivity index (χ1n) is 2.62. The van der Waals surface area contributed by atoms with E-state index in [0.29, 0.717) is 0 Å². The van der Waals surface area contributed by atoms with Crippen molar-refractivity contribution in [1.82, 2.24) is 5.32 Å². The van der Waals surface area contributed by atoms with E-state index in [0.717, 1.165) is 26.3 Å². The van der Waals surface area contributed by atoms with Gasteiger partial charge in [-0.3, -0.25) is 0 Å². The van der Waals surface area contributed by atoms with E-state index in [1.807, 2.05) is 0 Å². The Morgan fingerprint density at radius 2 is 1.67 bits per heavy atom. The molecule has 0 spiro atoms. The van der Waals surface area contributed by atoms with Crippen LogP contribution in [-0.2, 0) is 16.3 Å². The lowest BCUT2D eigenvalue weighted by atomic mass is 10.5. The molecule has 4 nitrogen and oxygen atoms in total. The summed E-state index contributed by atoms with van der Waals surface area (Å²) < 4.78 is 21.6. The van der Waals surface area contributed by atoms with Crippen LogP contribution in [0.25, 0.3) is 0 Å². The van der Waals surface area contributed by atoms with Crippen molar-refractivity contribution in [3.63, 3.8) is 0 Å². The van der Waals surface area contributed by atoms with Crippen molar-refractivity contribution in [2.45, 2.75) is 0 Å². The van der Waals surface area contributed by atoms with Gasteiger partial charge in [0.05, 0.1) is 13.2 Å². The molecule has 9 heavy (non-hydrogen) atoms. The van der Waals surface area contributed by atoms with Crippen LogP contribution in [0, 0.1) is 0 Å². The van der Waals surface area contributed by atoms with Crippen molar-refractivity contribution in [1.29, 1.82) is 0 Å². The molecule has 1 heterocycles. The predicted molar refractivity (Wildman–Crippen MR) is 32.6 cm³/mol. The molecule has 1 aliphatic rings. The Labute approximate surface area is 57.2 Å². The van der Waals surface area contributed by atoms with Crippen LogP contribution in [0.2, 0.25) is 0 Å². The molecule has 1 aliphatic heterocycles. The second kappa shape index (κ2) is 7.74. The van der Waals surface area contributed by atoms with Gasteiger partial charge >= 0.3 is 11.6 Å². The minimum atomic E-state index is -0.750. The molecular formula is C4H9NO3S. The Balaban J connectivity index is 0.000000187. The molecule has 0 aliphatic carbocycles. The van der Waals surface area contributed by atoms with Gasteiger partial charge in [-0.15, -0.1) is 0 Å². The molecule has 0 amide bonds. The van der Waals surface area contributed by atoms with Crippen molar-refractivity contribution in [3.8, 4) is 0 Å². The highest BCUT2D eigenvalue weighted by Gasteiger charge is 1.92. The Hall–Kier alpha value is -0.260. The highest BCUT2D eigenvalue weighted by molar-refractivity contribution is 7.51. The van der Waals surface area contributed by atoms with Crippen LogP contribution in [0.15, 0.2) is 0 Å². The monoisotopic (exact) mass is 151 g/mol. The van der Waals surface area contributed by atoms with Crippen LogP contribution < -0.4 is 5.32 Å².